The smallest absolute Gasteiger partial charge is 0.370 e. The van der Waals surface area contributed by atoms with Gasteiger partial charge in [0.2, 0.25) is 0 Å². The lowest BCUT2D eigenvalue weighted by atomic mass is 10.1. The van der Waals surface area contributed by atoms with Crippen LogP contribution in [-0.4, -0.2) is 38.1 Å². The maximum atomic E-state index is 12.9. The molecule has 1 aliphatic rings. The van der Waals surface area contributed by atoms with Crippen LogP contribution in [0.2, 0.25) is 0 Å². The molecule has 2 unspecified atom stereocenters. The number of halogens is 3. The topological polar surface area (TPSA) is 32.5 Å². The molecule has 1 aromatic rings. The van der Waals surface area contributed by atoms with Gasteiger partial charge in [0.05, 0.1) is 5.56 Å². The van der Waals surface area contributed by atoms with Gasteiger partial charge in [-0.2, -0.15) is 13.2 Å². The Bertz CT molecular complexity index is 499. The van der Waals surface area contributed by atoms with E-state index in [1.165, 1.54) is 0 Å². The third kappa shape index (κ3) is 3.32. The third-order valence-corrected chi connectivity index (χ3v) is 4.22. The summed E-state index contributed by atoms with van der Waals surface area (Å²) in [5.41, 5.74) is 5.83. The zero-order valence-corrected chi connectivity index (χ0v) is 12.6. The van der Waals surface area contributed by atoms with Gasteiger partial charge in [-0.3, -0.25) is 0 Å². The van der Waals surface area contributed by atoms with Crippen LogP contribution in [0.3, 0.4) is 0 Å². The third-order valence-electron chi connectivity index (χ3n) is 4.22. The maximum Gasteiger partial charge on any atom is 0.416 e. The molecule has 2 rings (SSSR count). The predicted molar refractivity (Wildman–Crippen MR) is 78.2 cm³/mol. The molecule has 2 N–H and O–H groups in total. The molecule has 0 spiro atoms. The highest BCUT2D eigenvalue weighted by Gasteiger charge is 2.35. The Labute approximate surface area is 123 Å². The van der Waals surface area contributed by atoms with E-state index >= 15 is 0 Å². The monoisotopic (exact) mass is 301 g/mol. The molecule has 1 aliphatic heterocycles. The Kier molecular flexibility index (Phi) is 4.49. The van der Waals surface area contributed by atoms with Crippen molar-refractivity contribution in [1.82, 2.24) is 4.90 Å². The van der Waals surface area contributed by atoms with E-state index in [-0.39, 0.29) is 12.1 Å². The summed E-state index contributed by atoms with van der Waals surface area (Å²) in [4.78, 5) is 4.30. The van der Waals surface area contributed by atoms with E-state index < -0.39 is 11.7 Å². The molecule has 118 valence electrons. The molecule has 0 amide bonds. The minimum Gasteiger partial charge on any atom is -0.370 e. The number of likely N-dealkylation sites (N-methyl/N-ethyl adjacent to an activating group) is 1. The molecule has 0 radical (unpaired) electrons. The lowest BCUT2D eigenvalue weighted by Gasteiger charge is -2.23. The summed E-state index contributed by atoms with van der Waals surface area (Å²) in [6, 6.07) is 4.68. The fourth-order valence-electron chi connectivity index (χ4n) is 3.05. The van der Waals surface area contributed by atoms with E-state index in [1.54, 1.807) is 12.1 Å². The summed E-state index contributed by atoms with van der Waals surface area (Å²) in [6.07, 6.45) is -4.35. The molecule has 1 heterocycles. The Hall–Kier alpha value is -1.27. The van der Waals surface area contributed by atoms with E-state index in [2.05, 4.69) is 16.7 Å². The largest absolute Gasteiger partial charge is 0.416 e. The fraction of sp³-hybridized carbons (Fsp3) is 0.600. The van der Waals surface area contributed by atoms with Crippen LogP contribution in [-0.2, 0) is 12.7 Å². The van der Waals surface area contributed by atoms with E-state index in [4.69, 9.17) is 5.73 Å². The van der Waals surface area contributed by atoms with Crippen molar-refractivity contribution in [2.45, 2.75) is 25.7 Å². The van der Waals surface area contributed by atoms with Crippen LogP contribution in [0, 0.1) is 5.92 Å². The summed E-state index contributed by atoms with van der Waals surface area (Å²) in [6.45, 7) is 3.73. The minimum absolute atomic E-state index is 0.108. The maximum absolute atomic E-state index is 12.9. The number of nitrogens with zero attached hydrogens (tertiary/aromatic N) is 2. The number of hydrogen-bond acceptors (Lipinski definition) is 3. The molecule has 3 nitrogen and oxygen atoms in total. The van der Waals surface area contributed by atoms with E-state index in [0.29, 0.717) is 12.0 Å². The van der Waals surface area contributed by atoms with Gasteiger partial charge in [-0.05, 0) is 43.8 Å². The minimum atomic E-state index is -4.35. The average molecular weight is 301 g/mol. The molecule has 0 saturated carbocycles. The van der Waals surface area contributed by atoms with Crippen LogP contribution in [0.1, 0.15) is 18.1 Å². The number of nitrogens with two attached hydrogens (primary N) is 1. The van der Waals surface area contributed by atoms with Crippen molar-refractivity contribution in [2.24, 2.45) is 11.7 Å². The second-order valence-electron chi connectivity index (χ2n) is 5.96. The summed E-state index contributed by atoms with van der Waals surface area (Å²) in [5, 5.41) is 0. The zero-order valence-electron chi connectivity index (χ0n) is 12.6. The van der Waals surface area contributed by atoms with Gasteiger partial charge in [0.15, 0.2) is 0 Å². The second kappa shape index (κ2) is 5.85. The highest BCUT2D eigenvalue weighted by molar-refractivity contribution is 5.53. The second-order valence-corrected chi connectivity index (χ2v) is 5.96. The molecule has 1 aromatic carbocycles. The number of rotatable bonds is 3. The van der Waals surface area contributed by atoms with Gasteiger partial charge in [-0.25, -0.2) is 0 Å². The quantitative estimate of drug-likeness (QED) is 0.931. The lowest BCUT2D eigenvalue weighted by Crippen LogP contribution is -2.34. The van der Waals surface area contributed by atoms with Crippen LogP contribution in [0.25, 0.3) is 0 Å². The van der Waals surface area contributed by atoms with E-state index in [0.717, 1.165) is 24.8 Å². The van der Waals surface area contributed by atoms with Gasteiger partial charge in [0.1, 0.15) is 0 Å². The highest BCUT2D eigenvalue weighted by atomic mass is 19.4. The Morgan fingerprint density at radius 3 is 2.43 bits per heavy atom. The van der Waals surface area contributed by atoms with Crippen molar-refractivity contribution in [3.63, 3.8) is 0 Å². The van der Waals surface area contributed by atoms with Crippen molar-refractivity contribution < 1.29 is 13.2 Å². The van der Waals surface area contributed by atoms with E-state index in [9.17, 15) is 13.2 Å². The Morgan fingerprint density at radius 1 is 1.29 bits per heavy atom. The Balaban J connectivity index is 2.27. The molecular formula is C15H22F3N3. The molecule has 0 aliphatic carbocycles. The average Bonchev–Trinajstić information content (AvgIpc) is 2.79. The van der Waals surface area contributed by atoms with Crippen molar-refractivity contribution in [3.8, 4) is 0 Å². The van der Waals surface area contributed by atoms with Crippen molar-refractivity contribution in [2.75, 3.05) is 32.1 Å². The van der Waals surface area contributed by atoms with Gasteiger partial charge in [0.25, 0.3) is 0 Å². The predicted octanol–water partition coefficient (Wildman–Crippen LogP) is 2.55. The summed E-state index contributed by atoms with van der Waals surface area (Å²) < 4.78 is 38.7. The summed E-state index contributed by atoms with van der Waals surface area (Å²) >= 11 is 0. The standard InChI is InChI=1S/C15H22F3N3/c1-10-8-21(9-14(10)20(2)3)12-4-5-13(15(16,17)18)11(6-12)7-19/h4-6,10,14H,7-9,19H2,1-3H3. The highest BCUT2D eigenvalue weighted by Crippen LogP contribution is 2.35. The molecule has 1 fully saturated rings. The first kappa shape index (κ1) is 16.1. The van der Waals surface area contributed by atoms with Crippen molar-refractivity contribution in [1.29, 1.82) is 0 Å². The van der Waals surface area contributed by atoms with Crippen molar-refractivity contribution in [3.05, 3.63) is 29.3 Å². The first-order valence-electron chi connectivity index (χ1n) is 7.05. The van der Waals surface area contributed by atoms with Crippen LogP contribution >= 0.6 is 0 Å². The first-order chi connectivity index (χ1) is 9.74. The first-order valence-corrected chi connectivity index (χ1v) is 7.05. The molecule has 1 saturated heterocycles. The van der Waals surface area contributed by atoms with Gasteiger partial charge in [-0.1, -0.05) is 6.92 Å². The molecule has 21 heavy (non-hydrogen) atoms. The Morgan fingerprint density at radius 2 is 1.95 bits per heavy atom. The van der Waals surface area contributed by atoms with Gasteiger partial charge in [-0.15, -0.1) is 0 Å². The number of hydrogen-bond donors (Lipinski definition) is 1. The number of anilines is 1. The molecule has 6 heteroatoms. The summed E-state index contributed by atoms with van der Waals surface area (Å²) in [5.74, 6) is 0.476. The molecule has 0 aromatic heterocycles. The molecular weight excluding hydrogens is 279 g/mol. The van der Waals surface area contributed by atoms with Crippen LogP contribution in [0.15, 0.2) is 18.2 Å². The van der Waals surface area contributed by atoms with Gasteiger partial charge < -0.3 is 15.5 Å². The molecule has 0 bridgehead atoms. The van der Waals surface area contributed by atoms with Gasteiger partial charge >= 0.3 is 6.18 Å². The van der Waals surface area contributed by atoms with Crippen LogP contribution in [0.5, 0.6) is 0 Å². The van der Waals surface area contributed by atoms with Crippen molar-refractivity contribution >= 4 is 5.69 Å². The molecule has 2 atom stereocenters. The van der Waals surface area contributed by atoms with Crippen LogP contribution in [0.4, 0.5) is 18.9 Å². The SMILES string of the molecule is CC1CN(c2ccc(C(F)(F)F)c(CN)c2)CC1N(C)C. The zero-order chi connectivity index (χ0) is 15.8. The lowest BCUT2D eigenvalue weighted by molar-refractivity contribution is -0.138. The van der Waals surface area contributed by atoms with Crippen LogP contribution < -0.4 is 10.6 Å². The van der Waals surface area contributed by atoms with E-state index in [1.807, 2.05) is 14.1 Å². The normalized spacial score (nSPS) is 23.1. The van der Waals surface area contributed by atoms with Gasteiger partial charge in [0, 0.05) is 31.4 Å². The number of alkyl halides is 3. The number of benzene rings is 1. The fourth-order valence-corrected chi connectivity index (χ4v) is 3.05. The summed E-state index contributed by atoms with van der Waals surface area (Å²) in [7, 11) is 4.06.